The van der Waals surface area contributed by atoms with Crippen LogP contribution in [0.3, 0.4) is 0 Å². The van der Waals surface area contributed by atoms with Crippen LogP contribution in [0.2, 0.25) is 29.8 Å². The lowest BCUT2D eigenvalue weighted by molar-refractivity contribution is 0.367. The molecule has 4 heteroatoms. The molecule has 0 radical (unpaired) electrons. The molecule has 0 spiro atoms. The largest absolute Gasteiger partial charge is 0.420 e. The fraction of sp³-hybridized carbons (Fsp3) is 1.00. The van der Waals surface area contributed by atoms with E-state index in [0.29, 0.717) is 0 Å². The van der Waals surface area contributed by atoms with Gasteiger partial charge in [0.05, 0.1) is 0 Å². The predicted octanol–water partition coefficient (Wildman–Crippen LogP) is 6.91. The van der Waals surface area contributed by atoms with Crippen LogP contribution < -0.4 is 0 Å². The molecule has 0 aliphatic heterocycles. The Morgan fingerprint density at radius 1 is 0.522 bits per heavy atom. The van der Waals surface area contributed by atoms with Gasteiger partial charge in [-0.3, -0.25) is 0 Å². The fourth-order valence-corrected chi connectivity index (χ4v) is 17.7. The number of rotatable bonds is 16. The van der Waals surface area contributed by atoms with Gasteiger partial charge in [-0.05, 0) is 29.8 Å². The van der Waals surface area contributed by atoms with Crippen LogP contribution >= 0.6 is 0 Å². The molecule has 0 aliphatic rings. The van der Waals surface area contributed by atoms with E-state index >= 15 is 0 Å². The highest BCUT2D eigenvalue weighted by Gasteiger charge is 2.44. The lowest BCUT2D eigenvalue weighted by atomic mass is 10.4. The first kappa shape index (κ1) is 23.4. The minimum absolute atomic E-state index is 1.29. The topological polar surface area (TPSA) is 18.5 Å². The van der Waals surface area contributed by atoms with E-state index in [-0.39, 0.29) is 0 Å². The Morgan fingerprint density at radius 3 is 0.957 bits per heavy atom. The van der Waals surface area contributed by atoms with Crippen LogP contribution in [0.5, 0.6) is 0 Å². The molecule has 0 fully saturated rings. The quantitative estimate of drug-likeness (QED) is 0.278. The van der Waals surface area contributed by atoms with Crippen LogP contribution in [0.4, 0.5) is 0 Å². The minimum atomic E-state index is -1.63. The molecule has 2 nitrogen and oxygen atoms in total. The van der Waals surface area contributed by atoms with Crippen LogP contribution in [-0.2, 0) is 8.85 Å². The first-order valence-corrected chi connectivity index (χ1v) is 15.2. The van der Waals surface area contributed by atoms with Crippen molar-refractivity contribution in [1.29, 1.82) is 0 Å². The van der Waals surface area contributed by atoms with Gasteiger partial charge in [0.1, 0.15) is 0 Å². The molecule has 0 amide bonds. The van der Waals surface area contributed by atoms with Gasteiger partial charge in [-0.2, -0.15) is 0 Å². The van der Waals surface area contributed by atoms with Gasteiger partial charge in [-0.1, -0.05) is 79.1 Å². The Bertz CT molecular complexity index is 230. The highest BCUT2D eigenvalue weighted by molar-refractivity contribution is 6.91. The Labute approximate surface area is 149 Å². The van der Waals surface area contributed by atoms with Crippen molar-refractivity contribution >= 4 is 16.6 Å². The second-order valence-corrected chi connectivity index (χ2v) is 16.3. The monoisotopic (exact) mass is 360 g/mol. The zero-order valence-electron chi connectivity index (χ0n) is 17.0. The van der Waals surface area contributed by atoms with Crippen molar-refractivity contribution in [1.82, 2.24) is 0 Å². The molecular formula is C19H44O2Si2. The molecule has 0 aromatic carbocycles. The number of hydrogen-bond acceptors (Lipinski definition) is 2. The summed E-state index contributed by atoms with van der Waals surface area (Å²) in [6.07, 6.45) is 10.5. The summed E-state index contributed by atoms with van der Waals surface area (Å²) in [5.41, 5.74) is 1.34. The smallest absolute Gasteiger partial charge is 0.191 e. The van der Waals surface area contributed by atoms with Crippen molar-refractivity contribution in [2.75, 3.05) is 14.2 Å². The van der Waals surface area contributed by atoms with Crippen molar-refractivity contribution in [2.24, 2.45) is 0 Å². The summed E-state index contributed by atoms with van der Waals surface area (Å²) in [5, 5.41) is 0. The molecular weight excluding hydrogens is 316 g/mol. The Morgan fingerprint density at radius 2 is 0.783 bits per heavy atom. The van der Waals surface area contributed by atoms with Gasteiger partial charge < -0.3 is 8.85 Å². The van der Waals surface area contributed by atoms with Gasteiger partial charge in [-0.15, -0.1) is 0 Å². The highest BCUT2D eigenvalue weighted by Crippen LogP contribution is 2.37. The van der Waals surface area contributed by atoms with Crippen LogP contribution in [0, 0.1) is 0 Å². The molecule has 0 N–H and O–H groups in total. The minimum Gasteiger partial charge on any atom is -0.420 e. The number of hydrogen-bond donors (Lipinski definition) is 0. The van der Waals surface area contributed by atoms with Crippen molar-refractivity contribution in [3.63, 3.8) is 0 Å². The zero-order valence-corrected chi connectivity index (χ0v) is 19.0. The lowest BCUT2D eigenvalue weighted by Crippen LogP contribution is -2.50. The molecule has 23 heavy (non-hydrogen) atoms. The van der Waals surface area contributed by atoms with Crippen LogP contribution in [0.25, 0.3) is 0 Å². The average molecular weight is 361 g/mol. The highest BCUT2D eigenvalue weighted by atomic mass is 28.4. The van der Waals surface area contributed by atoms with E-state index in [0.717, 1.165) is 0 Å². The molecule has 0 bridgehead atoms. The van der Waals surface area contributed by atoms with Crippen molar-refractivity contribution < 1.29 is 8.85 Å². The molecule has 0 aliphatic carbocycles. The van der Waals surface area contributed by atoms with Crippen LogP contribution in [0.15, 0.2) is 0 Å². The molecule has 140 valence electrons. The van der Waals surface area contributed by atoms with E-state index in [1.54, 1.807) is 0 Å². The Hall–Kier alpha value is 0.354. The van der Waals surface area contributed by atoms with Gasteiger partial charge in [-0.25, -0.2) is 0 Å². The molecule has 0 aromatic heterocycles. The Balaban J connectivity index is 5.24. The summed E-state index contributed by atoms with van der Waals surface area (Å²) < 4.78 is 12.7. The van der Waals surface area contributed by atoms with Gasteiger partial charge in [0.2, 0.25) is 0 Å². The average Bonchev–Trinajstić information content (AvgIpc) is 2.60. The third kappa shape index (κ3) is 8.85. The maximum absolute atomic E-state index is 6.35. The van der Waals surface area contributed by atoms with Gasteiger partial charge in [0.15, 0.2) is 16.6 Å². The molecule has 0 saturated heterocycles. The maximum Gasteiger partial charge on any atom is 0.191 e. The normalized spacial score (nSPS) is 12.8. The molecule has 0 saturated carbocycles. The summed E-state index contributed by atoms with van der Waals surface area (Å²) in [5.74, 6) is 0. The van der Waals surface area contributed by atoms with E-state index in [4.69, 9.17) is 8.85 Å². The fourth-order valence-electron chi connectivity index (χ4n) is 3.74. The first-order chi connectivity index (χ1) is 11.1. The molecule has 0 rings (SSSR count). The van der Waals surface area contributed by atoms with Gasteiger partial charge >= 0.3 is 0 Å². The van der Waals surface area contributed by atoms with Crippen molar-refractivity contribution in [3.8, 4) is 0 Å². The summed E-state index contributed by atoms with van der Waals surface area (Å²) in [6, 6.07) is 5.37. The second-order valence-electron chi connectivity index (χ2n) is 7.37. The standard InChI is InChI=1S/C19H44O2Si2/c1-7-11-15-22(20-5,16-12-8-2)19-23(21-6,17-13-9-3)18-14-10-4/h7-19H2,1-6H3. The SMILES string of the molecule is CCCC[Si](CCCC)(C[Si](CCCC)(CCCC)OC)OC. The first-order valence-electron chi connectivity index (χ1n) is 10.2. The van der Waals surface area contributed by atoms with E-state index < -0.39 is 16.6 Å². The second kappa shape index (κ2) is 13.6. The molecule has 0 aromatic rings. The third-order valence-electron chi connectivity index (χ3n) is 5.45. The van der Waals surface area contributed by atoms with Crippen LogP contribution in [-0.4, -0.2) is 30.9 Å². The van der Waals surface area contributed by atoms with Gasteiger partial charge in [0.25, 0.3) is 0 Å². The van der Waals surface area contributed by atoms with Crippen molar-refractivity contribution in [3.05, 3.63) is 0 Å². The van der Waals surface area contributed by atoms with Crippen LogP contribution in [0.1, 0.15) is 79.1 Å². The predicted molar refractivity (Wildman–Crippen MR) is 109 cm³/mol. The Kier molecular flexibility index (Phi) is 13.8. The van der Waals surface area contributed by atoms with Crippen molar-refractivity contribution in [2.45, 2.75) is 109 Å². The summed E-state index contributed by atoms with van der Waals surface area (Å²) in [7, 11) is 0.750. The zero-order chi connectivity index (χ0) is 17.6. The van der Waals surface area contributed by atoms with E-state index in [1.165, 1.54) is 81.2 Å². The van der Waals surface area contributed by atoms with E-state index in [1.807, 2.05) is 14.2 Å². The number of unbranched alkanes of at least 4 members (excludes halogenated alkanes) is 4. The summed E-state index contributed by atoms with van der Waals surface area (Å²) >= 11 is 0. The third-order valence-corrected chi connectivity index (χ3v) is 17.4. The summed E-state index contributed by atoms with van der Waals surface area (Å²) in [4.78, 5) is 0. The molecule has 0 heterocycles. The van der Waals surface area contributed by atoms with E-state index in [9.17, 15) is 0 Å². The van der Waals surface area contributed by atoms with Gasteiger partial charge in [0, 0.05) is 14.2 Å². The lowest BCUT2D eigenvalue weighted by Gasteiger charge is -2.39. The maximum atomic E-state index is 6.35. The van der Waals surface area contributed by atoms with E-state index in [2.05, 4.69) is 27.7 Å². The molecule has 0 atom stereocenters. The summed E-state index contributed by atoms with van der Waals surface area (Å²) in [6.45, 7) is 9.24. The molecule has 0 unspecified atom stereocenters.